The molecule has 0 saturated heterocycles. The van der Waals surface area contributed by atoms with Gasteiger partial charge >= 0.3 is 6.18 Å². The number of hydrogen-bond donors (Lipinski definition) is 2. The molecule has 3 nitrogen and oxygen atoms in total. The zero-order valence-corrected chi connectivity index (χ0v) is 14.9. The van der Waals surface area contributed by atoms with Crippen molar-refractivity contribution >= 4 is 35.0 Å². The van der Waals surface area contributed by atoms with Gasteiger partial charge in [-0.1, -0.05) is 18.5 Å². The van der Waals surface area contributed by atoms with Crippen molar-refractivity contribution in [3.63, 3.8) is 0 Å². The van der Waals surface area contributed by atoms with Gasteiger partial charge in [-0.3, -0.25) is 4.79 Å². The molecule has 0 aliphatic heterocycles. The van der Waals surface area contributed by atoms with Gasteiger partial charge in [-0.05, 0) is 47.2 Å². The van der Waals surface area contributed by atoms with Gasteiger partial charge in [0.05, 0.1) is 11.1 Å². The van der Waals surface area contributed by atoms with Crippen LogP contribution in [0.25, 0.3) is 0 Å². The lowest BCUT2D eigenvalue weighted by atomic mass is 9.96. The summed E-state index contributed by atoms with van der Waals surface area (Å²) >= 11 is 7.56. The molecule has 1 amide bonds. The summed E-state index contributed by atoms with van der Waals surface area (Å²) in [7, 11) is 0. The third kappa shape index (κ3) is 4.61. The van der Waals surface area contributed by atoms with Gasteiger partial charge in [-0.25, -0.2) is 0 Å². The number of amides is 1. The summed E-state index contributed by atoms with van der Waals surface area (Å²) in [5, 5.41) is 0.469. The third-order valence-electron chi connectivity index (χ3n) is 3.56. The fourth-order valence-corrected chi connectivity index (χ4v) is 3.40. The number of rotatable bonds is 5. The normalized spacial score (nSPS) is 11.6. The first-order valence-electron chi connectivity index (χ1n) is 7.34. The van der Waals surface area contributed by atoms with E-state index in [1.807, 2.05) is 13.0 Å². The number of carbonyl (C=O) groups is 1. The topological polar surface area (TPSA) is 69.1 Å². The number of benzene rings is 2. The fraction of sp³-hybridized carbons (Fsp3) is 0.235. The lowest BCUT2D eigenvalue weighted by molar-refractivity contribution is -0.137. The highest BCUT2D eigenvalue weighted by atomic mass is 35.5. The van der Waals surface area contributed by atoms with Crippen LogP contribution < -0.4 is 11.5 Å². The average Bonchev–Trinajstić information content (AvgIpc) is 2.50. The summed E-state index contributed by atoms with van der Waals surface area (Å²) in [4.78, 5) is 12.4. The Morgan fingerprint density at radius 3 is 2.44 bits per heavy atom. The van der Waals surface area contributed by atoms with Crippen LogP contribution in [0.15, 0.2) is 35.2 Å². The van der Waals surface area contributed by atoms with Crippen LogP contribution in [-0.2, 0) is 12.6 Å². The Kier molecular flexibility index (Phi) is 5.90. The average molecular weight is 389 g/mol. The Labute approximate surface area is 152 Å². The molecule has 0 aliphatic carbocycles. The van der Waals surface area contributed by atoms with Crippen LogP contribution in [0.4, 0.5) is 18.9 Å². The van der Waals surface area contributed by atoms with Gasteiger partial charge in [-0.15, -0.1) is 11.8 Å². The number of halogens is 4. The van der Waals surface area contributed by atoms with Crippen LogP contribution in [-0.4, -0.2) is 11.7 Å². The minimum atomic E-state index is -4.61. The Bertz CT molecular complexity index is 809. The van der Waals surface area contributed by atoms with E-state index in [1.165, 1.54) is 0 Å². The van der Waals surface area contributed by atoms with E-state index in [1.54, 1.807) is 23.9 Å². The number of primary amides is 1. The van der Waals surface area contributed by atoms with Crippen molar-refractivity contribution in [2.75, 3.05) is 11.5 Å². The molecule has 0 heterocycles. The summed E-state index contributed by atoms with van der Waals surface area (Å²) in [5.41, 5.74) is 10.7. The lowest BCUT2D eigenvalue weighted by Gasteiger charge is -2.16. The molecule has 2 rings (SSSR count). The van der Waals surface area contributed by atoms with E-state index < -0.39 is 17.6 Å². The molecular formula is C17H16ClF3N2OS. The second kappa shape index (κ2) is 7.58. The van der Waals surface area contributed by atoms with Crippen molar-refractivity contribution in [2.45, 2.75) is 24.4 Å². The maximum atomic E-state index is 13.1. The largest absolute Gasteiger partial charge is 0.416 e. The molecule has 0 aromatic heterocycles. The van der Waals surface area contributed by atoms with Gasteiger partial charge in [0.2, 0.25) is 0 Å². The van der Waals surface area contributed by atoms with Crippen LogP contribution in [0.3, 0.4) is 0 Å². The van der Waals surface area contributed by atoms with E-state index in [-0.39, 0.29) is 23.2 Å². The number of hydrogen-bond acceptors (Lipinski definition) is 3. The van der Waals surface area contributed by atoms with Crippen LogP contribution in [0.5, 0.6) is 0 Å². The van der Waals surface area contributed by atoms with Crippen molar-refractivity contribution < 1.29 is 18.0 Å². The molecule has 0 bridgehead atoms. The number of thioether (sulfide) groups is 1. The van der Waals surface area contributed by atoms with Gasteiger partial charge in [0.1, 0.15) is 0 Å². The molecule has 0 aliphatic rings. The van der Waals surface area contributed by atoms with Crippen molar-refractivity contribution in [1.82, 2.24) is 0 Å². The zero-order chi connectivity index (χ0) is 18.8. The Morgan fingerprint density at radius 1 is 1.20 bits per heavy atom. The second-order valence-corrected chi connectivity index (χ2v) is 7.06. The van der Waals surface area contributed by atoms with E-state index in [2.05, 4.69) is 0 Å². The second-order valence-electron chi connectivity index (χ2n) is 5.32. The minimum absolute atomic E-state index is 0.0482. The van der Waals surface area contributed by atoms with E-state index in [0.29, 0.717) is 11.1 Å². The van der Waals surface area contributed by atoms with Crippen molar-refractivity contribution in [3.8, 4) is 0 Å². The first kappa shape index (κ1) is 19.5. The summed E-state index contributed by atoms with van der Waals surface area (Å²) < 4.78 is 39.4. The number of nitrogens with two attached hydrogens (primary N) is 2. The van der Waals surface area contributed by atoms with E-state index in [0.717, 1.165) is 22.3 Å². The molecule has 4 N–H and O–H groups in total. The van der Waals surface area contributed by atoms with Crippen LogP contribution in [0.2, 0.25) is 5.02 Å². The Hall–Kier alpha value is -1.86. The summed E-state index contributed by atoms with van der Waals surface area (Å²) in [5.74, 6) is -0.210. The maximum absolute atomic E-state index is 13.1. The molecule has 2 aromatic rings. The SMILES string of the molecule is CCSc1ccc(Cl)cc1Cc1cc(C(F)(F)F)cc(C(N)=O)c1N. The molecule has 0 radical (unpaired) electrons. The Balaban J connectivity index is 2.58. The predicted molar refractivity (Wildman–Crippen MR) is 95.0 cm³/mol. The van der Waals surface area contributed by atoms with Crippen molar-refractivity contribution in [2.24, 2.45) is 5.73 Å². The van der Waals surface area contributed by atoms with Gasteiger partial charge < -0.3 is 11.5 Å². The summed E-state index contributed by atoms with van der Waals surface area (Å²) in [6, 6.07) is 6.84. The van der Waals surface area contributed by atoms with Crippen molar-refractivity contribution in [1.29, 1.82) is 0 Å². The quantitative estimate of drug-likeness (QED) is 0.574. The monoisotopic (exact) mass is 388 g/mol. The molecule has 0 fully saturated rings. The number of alkyl halides is 3. The molecule has 2 aromatic carbocycles. The van der Waals surface area contributed by atoms with Gasteiger partial charge in [-0.2, -0.15) is 13.2 Å². The highest BCUT2D eigenvalue weighted by Gasteiger charge is 2.32. The molecule has 25 heavy (non-hydrogen) atoms. The molecule has 0 unspecified atom stereocenters. The fourth-order valence-electron chi connectivity index (χ4n) is 2.41. The van der Waals surface area contributed by atoms with E-state index >= 15 is 0 Å². The maximum Gasteiger partial charge on any atom is 0.416 e. The number of nitrogen functional groups attached to an aromatic ring is 1. The van der Waals surface area contributed by atoms with Gasteiger partial charge in [0, 0.05) is 22.0 Å². The summed E-state index contributed by atoms with van der Waals surface area (Å²) in [6.45, 7) is 1.97. The van der Waals surface area contributed by atoms with Crippen LogP contribution in [0.1, 0.15) is 34.0 Å². The molecule has 0 saturated carbocycles. The molecule has 134 valence electrons. The standard InChI is InChI=1S/C17H16ClF3N2OS/c1-2-25-14-4-3-12(18)7-9(14)5-10-6-11(17(19,20)21)8-13(15(10)22)16(23)24/h3-4,6-8H,2,5,22H2,1H3,(H2,23,24). The van der Waals surface area contributed by atoms with Crippen molar-refractivity contribution in [3.05, 3.63) is 57.6 Å². The minimum Gasteiger partial charge on any atom is -0.398 e. The first-order valence-corrected chi connectivity index (χ1v) is 8.70. The molecule has 8 heteroatoms. The zero-order valence-electron chi connectivity index (χ0n) is 13.3. The molecular weight excluding hydrogens is 373 g/mol. The van der Waals surface area contributed by atoms with Gasteiger partial charge in [0.15, 0.2) is 0 Å². The highest BCUT2D eigenvalue weighted by Crippen LogP contribution is 2.35. The summed E-state index contributed by atoms with van der Waals surface area (Å²) in [6.07, 6.45) is -4.50. The van der Waals surface area contributed by atoms with Crippen LogP contribution >= 0.6 is 23.4 Å². The molecule has 0 atom stereocenters. The predicted octanol–water partition coefficient (Wildman–Crippen LogP) is 4.74. The Morgan fingerprint density at radius 2 is 1.88 bits per heavy atom. The molecule has 0 spiro atoms. The number of anilines is 1. The highest BCUT2D eigenvalue weighted by molar-refractivity contribution is 7.99. The third-order valence-corrected chi connectivity index (χ3v) is 4.79. The van der Waals surface area contributed by atoms with Crippen LogP contribution in [0, 0.1) is 0 Å². The lowest BCUT2D eigenvalue weighted by Crippen LogP contribution is -2.17. The van der Waals surface area contributed by atoms with E-state index in [4.69, 9.17) is 23.1 Å². The van der Waals surface area contributed by atoms with Gasteiger partial charge in [0.25, 0.3) is 5.91 Å². The van der Waals surface area contributed by atoms with E-state index in [9.17, 15) is 18.0 Å². The number of carbonyl (C=O) groups excluding carboxylic acids is 1. The smallest absolute Gasteiger partial charge is 0.398 e. The first-order chi connectivity index (χ1) is 11.6.